The zero-order valence-corrected chi connectivity index (χ0v) is 88.1. The van der Waals surface area contributed by atoms with Gasteiger partial charge < -0.3 is 28.4 Å². The molecule has 0 saturated carbocycles. The number of para-hydroxylation sites is 2. The molecular formula is C112H134O12P6. The van der Waals surface area contributed by atoms with E-state index in [-0.39, 0.29) is 50.9 Å². The molecule has 12 aromatic rings. The van der Waals surface area contributed by atoms with E-state index in [0.717, 1.165) is 165 Å². The van der Waals surface area contributed by atoms with Crippen LogP contribution in [0.4, 0.5) is 0 Å². The van der Waals surface area contributed by atoms with Crippen molar-refractivity contribution in [1.29, 1.82) is 0 Å². The molecule has 0 spiro atoms. The summed E-state index contributed by atoms with van der Waals surface area (Å²) in [5, 5.41) is 13.3. The number of aryl methyl sites for hydroxylation is 10. The van der Waals surface area contributed by atoms with Crippen molar-refractivity contribution in [2.75, 3.05) is 42.7 Å². The number of carbonyl (C=O) groups is 6. The number of Topliss-reactive ketones (excluding diaryl/α,β-unsaturated/α-hetero) is 6. The Labute approximate surface area is 786 Å². The highest BCUT2D eigenvalue weighted by Gasteiger charge is 2.28. The van der Waals surface area contributed by atoms with Crippen LogP contribution in [0.3, 0.4) is 0 Å². The Morgan fingerprint density at radius 2 is 0.500 bits per heavy atom. The van der Waals surface area contributed by atoms with Gasteiger partial charge in [0.05, 0.1) is 42.7 Å². The molecule has 0 radical (unpaired) electrons. The summed E-state index contributed by atoms with van der Waals surface area (Å²) in [5.74, 6) is 6.16. The highest BCUT2D eigenvalue weighted by molar-refractivity contribution is 7.57. The molecule has 684 valence electrons. The second-order valence-corrected chi connectivity index (χ2v) is 43.8. The van der Waals surface area contributed by atoms with Gasteiger partial charge in [0.25, 0.3) is 0 Å². The molecule has 0 aliphatic heterocycles. The van der Waals surface area contributed by atoms with E-state index in [1.54, 1.807) is 84.2 Å². The van der Waals surface area contributed by atoms with Gasteiger partial charge >= 0.3 is 0 Å². The molecule has 0 aliphatic rings. The van der Waals surface area contributed by atoms with Crippen LogP contribution in [0, 0.1) is 69.2 Å². The van der Waals surface area contributed by atoms with Crippen molar-refractivity contribution in [3.05, 3.63) is 318 Å². The van der Waals surface area contributed by atoms with E-state index >= 15 is 0 Å². The molecular weight excluding hydrogens is 1720 g/mol. The number of ketones is 6. The zero-order chi connectivity index (χ0) is 96.6. The largest absolute Gasteiger partial charge is 0.496 e. The number of hydrogen-bond acceptors (Lipinski definition) is 12. The molecule has 0 fully saturated rings. The van der Waals surface area contributed by atoms with Crippen LogP contribution in [-0.2, 0) is 16.2 Å². The average molecular weight is 1860 g/mol. The van der Waals surface area contributed by atoms with Crippen molar-refractivity contribution >= 4 is 150 Å². The third-order valence-electron chi connectivity index (χ3n) is 21.4. The average Bonchev–Trinajstić information content (AvgIpc) is 0.775. The Kier molecular flexibility index (Phi) is 40.3. The molecule has 0 bridgehead atoms. The van der Waals surface area contributed by atoms with Gasteiger partial charge in [-0.1, -0.05) is 293 Å². The van der Waals surface area contributed by atoms with Gasteiger partial charge in [-0.05, 0) is 253 Å². The van der Waals surface area contributed by atoms with Crippen LogP contribution in [0.15, 0.2) is 212 Å². The van der Waals surface area contributed by atoms with Crippen molar-refractivity contribution in [2.24, 2.45) is 0 Å². The Bertz CT molecular complexity index is 5990. The van der Waals surface area contributed by atoms with Crippen molar-refractivity contribution in [3.63, 3.8) is 0 Å². The molecule has 0 aliphatic carbocycles. The summed E-state index contributed by atoms with van der Waals surface area (Å²) in [6.07, 6.45) is 0. The highest BCUT2D eigenvalue weighted by atomic mass is 31.1. The molecule has 0 amide bonds. The van der Waals surface area contributed by atoms with Crippen molar-refractivity contribution in [1.82, 2.24) is 0 Å². The quantitative estimate of drug-likeness (QED) is 0.0417. The van der Waals surface area contributed by atoms with E-state index in [1.165, 1.54) is 38.7 Å². The minimum atomic E-state index is -0.0219. The smallest absolute Gasteiger partial charge is 0.160 e. The maximum absolute atomic E-state index is 12.0. The fourth-order valence-electron chi connectivity index (χ4n) is 14.6. The van der Waals surface area contributed by atoms with Crippen LogP contribution in [0.1, 0.15) is 238 Å². The van der Waals surface area contributed by atoms with Crippen LogP contribution in [-0.4, -0.2) is 77.4 Å². The van der Waals surface area contributed by atoms with Crippen LogP contribution in [0.5, 0.6) is 34.5 Å². The molecule has 0 aromatic heterocycles. The molecule has 18 heteroatoms. The Morgan fingerprint density at radius 1 is 0.215 bits per heavy atom. The summed E-state index contributed by atoms with van der Waals surface area (Å²) in [6, 6.07) is 71.7. The molecule has 12 rings (SSSR count). The van der Waals surface area contributed by atoms with E-state index in [2.05, 4.69) is 181 Å². The molecule has 0 N–H and O–H groups in total. The maximum Gasteiger partial charge on any atom is 0.160 e. The highest BCUT2D eigenvalue weighted by Crippen LogP contribution is 2.39. The SMILES string of the molecule is COc1c(C)cc(C)cc1Pc1ccc(C)cc1C(C)=O.COc1c(C)cccc1Pc1ccc(C)cc1C(C)=O.COc1c(Pc2ccc(C)cc2C(C)=O)cc(C)cc1C(C)(C)C.COc1c(Pc2ccccc2C(C)=O)cc(C(C)(C)C)cc1C(C)(C)C.COc1ccc(C)cc1Pc1ccc(C)cc1C(C)=O.COc1ccccc1Pc1ccc(C)cc1C(C)=O. The summed E-state index contributed by atoms with van der Waals surface area (Å²) in [4.78, 5) is 71.3. The van der Waals surface area contributed by atoms with Gasteiger partial charge in [0.15, 0.2) is 34.7 Å². The van der Waals surface area contributed by atoms with Gasteiger partial charge in [-0.2, -0.15) is 0 Å². The fraction of sp³-hybridized carbons (Fsp3) is 0.304. The standard InChI is InChI=1S/C23H31O2P.C21H27O2P.C18H21O2P.2C17H19O2P.C16H17O2P/c1-15(24)17-11-9-10-12-19(17)26-20-14-16(22(2,3)4)13-18(21(20)25-8)23(5,6)7;1-13-8-9-18(16(10-13)15(3)22)24-19-12-14(2)11-17(20(19)23-7)21(4,5)6;1-11-6-7-16(15(9-11)14(4)19)21-17-10-12(2)8-13(3)18(17)20-5;1-11-6-8-16(14(9-11)13(3)18)20-17-10-12(2)5-7-15(17)19-4;1-11-8-9-15(14(10-11)13(3)18)20-16-7-5-6-12(2)17(16)19-4;1-11-8-9-15(13(10-11)12(2)17)19-16-7-5-4-6-14(16)18-3/h9-14,26H,1-8H3;8-12,24H,1-7H3;6-10,21H,1-5H3;2*5-10,20H,1-4H3;4-10,19H,1-3H3. The number of ether oxygens (including phenoxy) is 6. The summed E-state index contributed by atoms with van der Waals surface area (Å²) in [5.41, 5.74) is 20.1. The van der Waals surface area contributed by atoms with E-state index in [4.69, 9.17) is 28.4 Å². The first-order chi connectivity index (χ1) is 61.1. The van der Waals surface area contributed by atoms with Gasteiger partial charge in [-0.25, -0.2) is 0 Å². The number of hydrogen-bond donors (Lipinski definition) is 0. The van der Waals surface area contributed by atoms with E-state index in [1.807, 2.05) is 163 Å². The van der Waals surface area contributed by atoms with Crippen LogP contribution >= 0.6 is 51.5 Å². The minimum absolute atomic E-state index is 0.00722. The number of rotatable bonds is 24. The Hall–Kier alpha value is -9.96. The first-order valence-corrected chi connectivity index (χ1v) is 49.4. The first kappa shape index (κ1) is 107. The zero-order valence-electron chi connectivity index (χ0n) is 82.1. The minimum Gasteiger partial charge on any atom is -0.496 e. The first-order valence-electron chi connectivity index (χ1n) is 43.4. The number of carbonyl (C=O) groups excluding carboxylic acids is 6. The maximum atomic E-state index is 12.0. The third-order valence-corrected chi connectivity index (χ3v) is 29.6. The van der Waals surface area contributed by atoms with Gasteiger partial charge in [-0.15, -0.1) is 0 Å². The Morgan fingerprint density at radius 3 is 0.877 bits per heavy atom. The lowest BCUT2D eigenvalue weighted by molar-refractivity contribution is 0.101. The van der Waals surface area contributed by atoms with Gasteiger partial charge in [-0.3, -0.25) is 28.8 Å². The van der Waals surface area contributed by atoms with Crippen LogP contribution in [0.2, 0.25) is 0 Å². The lowest BCUT2D eigenvalue weighted by Crippen LogP contribution is -2.23. The molecule has 0 saturated heterocycles. The number of methoxy groups -OCH3 is 6. The van der Waals surface area contributed by atoms with Gasteiger partial charge in [0.1, 0.15) is 34.5 Å². The summed E-state index contributed by atoms with van der Waals surface area (Å²) < 4.78 is 33.5. The molecule has 6 unspecified atom stereocenters. The summed E-state index contributed by atoms with van der Waals surface area (Å²) in [7, 11) is 12.7. The predicted molar refractivity (Wildman–Crippen MR) is 566 cm³/mol. The molecule has 0 heterocycles. The van der Waals surface area contributed by atoms with Crippen molar-refractivity contribution in [2.45, 2.75) is 189 Å². The summed E-state index contributed by atoms with van der Waals surface area (Å²) >= 11 is 0. The van der Waals surface area contributed by atoms with E-state index in [0.29, 0.717) is 51.5 Å². The lowest BCUT2D eigenvalue weighted by atomic mass is 9.80. The topological polar surface area (TPSA) is 158 Å². The molecule has 12 nitrogen and oxygen atoms in total. The summed E-state index contributed by atoms with van der Waals surface area (Å²) in [6.45, 7) is 50.1. The van der Waals surface area contributed by atoms with Crippen LogP contribution < -0.4 is 92.1 Å². The van der Waals surface area contributed by atoms with E-state index < -0.39 is 0 Å². The van der Waals surface area contributed by atoms with E-state index in [9.17, 15) is 28.8 Å². The lowest BCUT2D eigenvalue weighted by Gasteiger charge is -2.29. The Balaban J connectivity index is 0.000000214. The molecule has 6 atom stereocenters. The molecule has 130 heavy (non-hydrogen) atoms. The predicted octanol–water partition coefficient (Wildman–Crippen LogP) is 22.1. The second kappa shape index (κ2) is 49.0. The monoisotopic (exact) mass is 1860 g/mol. The van der Waals surface area contributed by atoms with Crippen molar-refractivity contribution in [3.8, 4) is 34.5 Å². The van der Waals surface area contributed by atoms with Gasteiger partial charge in [0.2, 0.25) is 0 Å². The second-order valence-electron chi connectivity index (χ2n) is 35.8. The molecule has 12 aromatic carbocycles. The third kappa shape index (κ3) is 30.6. The van der Waals surface area contributed by atoms with Gasteiger partial charge in [0, 0.05) is 76.3 Å². The van der Waals surface area contributed by atoms with Crippen LogP contribution in [0.25, 0.3) is 0 Å². The number of benzene rings is 12. The normalized spacial score (nSPS) is 11.5. The van der Waals surface area contributed by atoms with Crippen molar-refractivity contribution < 1.29 is 57.2 Å². The fourth-order valence-corrected chi connectivity index (χ4v) is 23.3.